The molecule has 0 unspecified atom stereocenters. The van der Waals surface area contributed by atoms with Gasteiger partial charge in [-0.15, -0.1) is 0 Å². The minimum absolute atomic E-state index is 0.586. The van der Waals surface area contributed by atoms with E-state index in [0.717, 1.165) is 22.8 Å². The highest BCUT2D eigenvalue weighted by Gasteiger charge is 2.25. The third-order valence-electron chi connectivity index (χ3n) is 2.89. The van der Waals surface area contributed by atoms with Crippen LogP contribution in [0.3, 0.4) is 0 Å². The maximum Gasteiger partial charge on any atom is 0.152 e. The van der Waals surface area contributed by atoms with Gasteiger partial charge in [-0.1, -0.05) is 11.6 Å². The maximum absolute atomic E-state index is 10.9. The van der Waals surface area contributed by atoms with Crippen LogP contribution in [0.4, 0.5) is 0 Å². The zero-order valence-electron chi connectivity index (χ0n) is 8.11. The van der Waals surface area contributed by atoms with Gasteiger partial charge in [0.25, 0.3) is 0 Å². The summed E-state index contributed by atoms with van der Waals surface area (Å²) in [4.78, 5) is 10.9. The highest BCUT2D eigenvalue weighted by molar-refractivity contribution is 6.31. The molecule has 2 nitrogen and oxygen atoms in total. The normalized spacial score (nSPS) is 15.8. The Morgan fingerprint density at radius 2 is 2.20 bits per heavy atom. The van der Waals surface area contributed by atoms with Gasteiger partial charge in [0.1, 0.15) is 0 Å². The van der Waals surface area contributed by atoms with E-state index in [1.807, 2.05) is 24.4 Å². The molecule has 0 radical (unpaired) electrons. The molecule has 76 valence electrons. The topological polar surface area (TPSA) is 22.0 Å². The largest absolute Gasteiger partial charge is 0.344 e. The van der Waals surface area contributed by atoms with Crippen LogP contribution in [0.25, 0.3) is 10.9 Å². The third-order valence-corrected chi connectivity index (χ3v) is 3.13. The van der Waals surface area contributed by atoms with Gasteiger partial charge < -0.3 is 4.57 Å². The molecule has 2 aromatic rings. The second-order valence-corrected chi connectivity index (χ2v) is 4.44. The van der Waals surface area contributed by atoms with Gasteiger partial charge in [-0.25, -0.2) is 0 Å². The van der Waals surface area contributed by atoms with Crippen molar-refractivity contribution in [1.82, 2.24) is 4.57 Å². The number of aldehydes is 1. The molecule has 0 atom stereocenters. The van der Waals surface area contributed by atoms with E-state index in [4.69, 9.17) is 11.6 Å². The average molecular weight is 220 g/mol. The molecule has 1 aromatic carbocycles. The van der Waals surface area contributed by atoms with Crippen molar-refractivity contribution in [3.05, 3.63) is 35.0 Å². The molecular weight excluding hydrogens is 210 g/mol. The average Bonchev–Trinajstić information content (AvgIpc) is 3.01. The molecular formula is C12H10ClNO. The lowest BCUT2D eigenvalue weighted by Crippen LogP contribution is -1.89. The van der Waals surface area contributed by atoms with Crippen LogP contribution in [-0.2, 0) is 0 Å². The number of aromatic nitrogens is 1. The summed E-state index contributed by atoms with van der Waals surface area (Å²) in [6, 6.07) is 6.31. The molecule has 1 heterocycles. The first kappa shape index (κ1) is 8.98. The number of carbonyl (C=O) groups excluding carboxylic acids is 1. The van der Waals surface area contributed by atoms with Crippen LogP contribution in [0.15, 0.2) is 24.4 Å². The van der Waals surface area contributed by atoms with Crippen molar-refractivity contribution in [3.63, 3.8) is 0 Å². The summed E-state index contributed by atoms with van der Waals surface area (Å²) in [7, 11) is 0. The quantitative estimate of drug-likeness (QED) is 0.710. The van der Waals surface area contributed by atoms with Gasteiger partial charge in [0, 0.05) is 33.7 Å². The van der Waals surface area contributed by atoms with Crippen LogP contribution in [0.5, 0.6) is 0 Å². The summed E-state index contributed by atoms with van der Waals surface area (Å²) in [5.41, 5.74) is 1.85. The molecule has 0 N–H and O–H groups in total. The van der Waals surface area contributed by atoms with Crippen molar-refractivity contribution < 1.29 is 4.79 Å². The summed E-state index contributed by atoms with van der Waals surface area (Å²) in [5, 5.41) is 1.64. The molecule has 1 fully saturated rings. The van der Waals surface area contributed by atoms with Crippen molar-refractivity contribution >= 4 is 28.8 Å². The molecule has 1 aliphatic rings. The Morgan fingerprint density at radius 1 is 1.40 bits per heavy atom. The van der Waals surface area contributed by atoms with E-state index in [1.165, 1.54) is 12.8 Å². The zero-order valence-corrected chi connectivity index (χ0v) is 8.87. The molecule has 0 spiro atoms. The number of hydrogen-bond donors (Lipinski definition) is 0. The Kier molecular flexibility index (Phi) is 1.86. The fourth-order valence-electron chi connectivity index (χ4n) is 2.00. The van der Waals surface area contributed by atoms with Crippen molar-refractivity contribution in [2.24, 2.45) is 0 Å². The van der Waals surface area contributed by atoms with Gasteiger partial charge in [0.2, 0.25) is 0 Å². The highest BCUT2D eigenvalue weighted by atomic mass is 35.5. The van der Waals surface area contributed by atoms with Crippen molar-refractivity contribution in [1.29, 1.82) is 0 Å². The molecule has 0 aliphatic heterocycles. The molecule has 0 amide bonds. The van der Waals surface area contributed by atoms with Gasteiger partial charge in [0.15, 0.2) is 6.29 Å². The van der Waals surface area contributed by atoms with Crippen molar-refractivity contribution in [2.75, 3.05) is 0 Å². The Labute approximate surface area is 92.5 Å². The van der Waals surface area contributed by atoms with E-state index >= 15 is 0 Å². The van der Waals surface area contributed by atoms with Crippen LogP contribution in [0.1, 0.15) is 29.2 Å². The lowest BCUT2D eigenvalue weighted by Gasteiger charge is -2.01. The molecule has 0 bridgehead atoms. The molecule has 15 heavy (non-hydrogen) atoms. The first-order valence-electron chi connectivity index (χ1n) is 5.05. The molecule has 1 aromatic heterocycles. The fourth-order valence-corrected chi connectivity index (χ4v) is 2.17. The molecule has 1 aliphatic carbocycles. The standard InChI is InChI=1S/C12H10ClNO/c13-9-1-4-12-11(5-9)8(7-15)6-14(12)10-2-3-10/h1,4-7,10H,2-3H2. The van der Waals surface area contributed by atoms with E-state index in [1.54, 1.807) is 0 Å². The Balaban J connectivity index is 2.33. The van der Waals surface area contributed by atoms with E-state index in [-0.39, 0.29) is 0 Å². The number of halogens is 1. The smallest absolute Gasteiger partial charge is 0.152 e. The highest BCUT2D eigenvalue weighted by Crippen LogP contribution is 2.39. The van der Waals surface area contributed by atoms with Crippen LogP contribution >= 0.6 is 11.6 Å². The minimum atomic E-state index is 0.586. The van der Waals surface area contributed by atoms with Gasteiger partial charge >= 0.3 is 0 Å². The van der Waals surface area contributed by atoms with E-state index in [0.29, 0.717) is 11.1 Å². The lowest BCUT2D eigenvalue weighted by molar-refractivity contribution is 0.112. The minimum Gasteiger partial charge on any atom is -0.344 e. The predicted octanol–water partition coefficient (Wildman–Crippen LogP) is 3.44. The molecule has 0 saturated heterocycles. The third kappa shape index (κ3) is 1.37. The number of carbonyl (C=O) groups is 1. The number of fused-ring (bicyclic) bond motifs is 1. The van der Waals surface area contributed by atoms with Crippen LogP contribution in [0, 0.1) is 0 Å². The molecule has 3 rings (SSSR count). The molecule has 3 heteroatoms. The summed E-state index contributed by atoms with van der Waals surface area (Å²) >= 11 is 5.93. The SMILES string of the molecule is O=Cc1cn(C2CC2)c2ccc(Cl)cc12. The van der Waals surface area contributed by atoms with Crippen LogP contribution in [0.2, 0.25) is 5.02 Å². The fraction of sp³-hybridized carbons (Fsp3) is 0.250. The van der Waals surface area contributed by atoms with Crippen LogP contribution < -0.4 is 0 Å². The Hall–Kier alpha value is -1.28. The summed E-state index contributed by atoms with van der Waals surface area (Å²) in [6.07, 6.45) is 5.26. The second kappa shape index (κ2) is 3.11. The van der Waals surface area contributed by atoms with Crippen molar-refractivity contribution in [2.45, 2.75) is 18.9 Å². The number of nitrogens with zero attached hydrogens (tertiary/aromatic N) is 1. The van der Waals surface area contributed by atoms with Gasteiger partial charge in [-0.3, -0.25) is 4.79 Å². The maximum atomic E-state index is 10.9. The van der Waals surface area contributed by atoms with E-state index in [2.05, 4.69) is 4.57 Å². The summed E-state index contributed by atoms with van der Waals surface area (Å²) < 4.78 is 2.19. The predicted molar refractivity (Wildman–Crippen MR) is 60.6 cm³/mol. The van der Waals surface area contributed by atoms with Crippen molar-refractivity contribution in [3.8, 4) is 0 Å². The summed E-state index contributed by atoms with van der Waals surface area (Å²) in [5.74, 6) is 0. The van der Waals surface area contributed by atoms with E-state index < -0.39 is 0 Å². The van der Waals surface area contributed by atoms with Gasteiger partial charge in [-0.2, -0.15) is 0 Å². The Bertz CT molecular complexity index is 540. The lowest BCUT2D eigenvalue weighted by atomic mass is 10.2. The molecule has 1 saturated carbocycles. The monoisotopic (exact) mass is 219 g/mol. The zero-order chi connectivity index (χ0) is 10.4. The second-order valence-electron chi connectivity index (χ2n) is 4.00. The van der Waals surface area contributed by atoms with E-state index in [9.17, 15) is 4.79 Å². The number of hydrogen-bond acceptors (Lipinski definition) is 1. The first-order chi connectivity index (χ1) is 7.29. The van der Waals surface area contributed by atoms with Gasteiger partial charge in [0.05, 0.1) is 0 Å². The number of benzene rings is 1. The summed E-state index contributed by atoms with van der Waals surface area (Å²) in [6.45, 7) is 0. The first-order valence-corrected chi connectivity index (χ1v) is 5.42. The Morgan fingerprint density at radius 3 is 2.87 bits per heavy atom. The van der Waals surface area contributed by atoms with Gasteiger partial charge in [-0.05, 0) is 31.0 Å². The number of rotatable bonds is 2. The van der Waals surface area contributed by atoms with Crippen LogP contribution in [-0.4, -0.2) is 10.9 Å².